The van der Waals surface area contributed by atoms with Crippen LogP contribution < -0.4 is 15.4 Å². The Balaban J connectivity index is 1.34. The molecule has 1 saturated carbocycles. The molecule has 0 saturated heterocycles. The van der Waals surface area contributed by atoms with Crippen LogP contribution in [0.15, 0.2) is 24.3 Å². The monoisotopic (exact) mass is 442 g/mol. The summed E-state index contributed by atoms with van der Waals surface area (Å²) in [4.78, 5) is 25.2. The Morgan fingerprint density at radius 3 is 2.68 bits per heavy atom. The highest BCUT2D eigenvalue weighted by molar-refractivity contribution is 7.98. The lowest BCUT2D eigenvalue weighted by Crippen LogP contribution is -2.28. The van der Waals surface area contributed by atoms with Crippen LogP contribution in [0.4, 0.5) is 5.82 Å². The van der Waals surface area contributed by atoms with Crippen molar-refractivity contribution in [2.45, 2.75) is 63.1 Å². The molecule has 2 aliphatic rings. The maximum absolute atomic E-state index is 12.6. The fourth-order valence-corrected chi connectivity index (χ4v) is 5.32. The van der Waals surface area contributed by atoms with Gasteiger partial charge in [0.1, 0.15) is 18.1 Å². The van der Waals surface area contributed by atoms with E-state index in [1.54, 1.807) is 23.6 Å². The number of hydrogen-bond acceptors (Lipinski definition) is 5. The number of carbonyl (C=O) groups excluding carboxylic acids is 2. The topological polar surface area (TPSA) is 85.2 Å². The number of carbonyl (C=O) groups is 2. The molecule has 1 aliphatic heterocycles. The zero-order chi connectivity index (χ0) is 21.6. The fourth-order valence-electron chi connectivity index (χ4n) is 4.29. The highest BCUT2D eigenvalue weighted by Crippen LogP contribution is 2.35. The van der Waals surface area contributed by atoms with Gasteiger partial charge in [0.15, 0.2) is 0 Å². The molecule has 2 aromatic rings. The second kappa shape index (κ2) is 10.2. The average Bonchev–Trinajstić information content (AvgIpc) is 3.51. The molecule has 1 aliphatic carbocycles. The van der Waals surface area contributed by atoms with Gasteiger partial charge in [0, 0.05) is 30.0 Å². The van der Waals surface area contributed by atoms with Crippen molar-refractivity contribution in [1.82, 2.24) is 15.1 Å². The number of thioether (sulfide) groups is 1. The number of nitrogens with one attached hydrogen (secondary N) is 2. The van der Waals surface area contributed by atoms with Crippen molar-refractivity contribution in [3.63, 3.8) is 0 Å². The summed E-state index contributed by atoms with van der Waals surface area (Å²) in [6.45, 7) is 0.523. The highest BCUT2D eigenvalue weighted by atomic mass is 32.2. The zero-order valence-electron chi connectivity index (χ0n) is 18.0. The number of aromatic nitrogens is 2. The normalized spacial score (nSPS) is 15.6. The smallest absolute Gasteiger partial charge is 0.242 e. The first kappa shape index (κ1) is 21.7. The van der Waals surface area contributed by atoms with Gasteiger partial charge in [0.05, 0.1) is 12.8 Å². The number of amides is 2. The summed E-state index contributed by atoms with van der Waals surface area (Å²) in [6, 6.07) is 7.59. The molecule has 2 heterocycles. The number of ether oxygens (including phenoxy) is 1. The first-order valence-electron chi connectivity index (χ1n) is 11.0. The first-order chi connectivity index (χ1) is 15.1. The highest BCUT2D eigenvalue weighted by Gasteiger charge is 2.25. The Morgan fingerprint density at radius 1 is 1.16 bits per heavy atom. The molecule has 2 amide bonds. The third-order valence-electron chi connectivity index (χ3n) is 6.07. The minimum absolute atomic E-state index is 0.0198. The molecule has 1 aromatic carbocycles. The van der Waals surface area contributed by atoms with E-state index in [2.05, 4.69) is 15.7 Å². The molecule has 31 heavy (non-hydrogen) atoms. The van der Waals surface area contributed by atoms with Crippen LogP contribution in [-0.2, 0) is 34.2 Å². The van der Waals surface area contributed by atoms with Gasteiger partial charge < -0.3 is 15.4 Å². The minimum atomic E-state index is -0.133. The van der Waals surface area contributed by atoms with Gasteiger partial charge in [-0.05, 0) is 30.0 Å². The van der Waals surface area contributed by atoms with E-state index in [4.69, 9.17) is 4.74 Å². The van der Waals surface area contributed by atoms with Gasteiger partial charge in [0.2, 0.25) is 11.8 Å². The fraction of sp³-hybridized carbons (Fsp3) is 0.522. The largest absolute Gasteiger partial charge is 0.497 e. The molecule has 7 nitrogen and oxygen atoms in total. The number of fused-ring (bicyclic) bond motifs is 1. The van der Waals surface area contributed by atoms with E-state index >= 15 is 0 Å². The molecule has 166 valence electrons. The van der Waals surface area contributed by atoms with Crippen molar-refractivity contribution in [3.05, 3.63) is 41.1 Å². The standard InChI is InChI=1S/C23H30N4O3S/c1-30-18-9-6-17(7-10-18)12-24-22(29)13-27-23(19-14-31-15-20(19)26-27)25-21(28)11-8-16-4-2-3-5-16/h6-7,9-10,16H,2-5,8,11-15H2,1H3,(H,24,29)(H,25,28). The van der Waals surface area contributed by atoms with Crippen LogP contribution >= 0.6 is 11.8 Å². The number of nitrogens with zero attached hydrogens (tertiary/aromatic N) is 2. The molecule has 1 fully saturated rings. The lowest BCUT2D eigenvalue weighted by molar-refractivity contribution is -0.122. The molecule has 0 bridgehead atoms. The number of methoxy groups -OCH3 is 1. The molecule has 4 rings (SSSR count). The van der Waals surface area contributed by atoms with Crippen LogP contribution in [0.2, 0.25) is 0 Å². The van der Waals surface area contributed by atoms with Gasteiger partial charge in [-0.2, -0.15) is 16.9 Å². The predicted molar refractivity (Wildman–Crippen MR) is 122 cm³/mol. The van der Waals surface area contributed by atoms with E-state index in [0.29, 0.717) is 24.7 Å². The molecule has 0 unspecified atom stereocenters. The Bertz CT molecular complexity index is 920. The summed E-state index contributed by atoms with van der Waals surface area (Å²) < 4.78 is 6.81. The van der Waals surface area contributed by atoms with Crippen molar-refractivity contribution in [2.75, 3.05) is 12.4 Å². The third-order valence-corrected chi connectivity index (χ3v) is 7.04. The maximum atomic E-state index is 12.6. The summed E-state index contributed by atoms with van der Waals surface area (Å²) in [5.41, 5.74) is 3.02. The summed E-state index contributed by atoms with van der Waals surface area (Å²) in [5.74, 6) is 3.68. The lowest BCUT2D eigenvalue weighted by Gasteiger charge is -2.13. The van der Waals surface area contributed by atoms with Gasteiger partial charge in [-0.25, -0.2) is 4.68 Å². The van der Waals surface area contributed by atoms with E-state index in [1.165, 1.54) is 25.7 Å². The average molecular weight is 443 g/mol. The number of benzene rings is 1. The van der Waals surface area contributed by atoms with Crippen LogP contribution in [0.5, 0.6) is 5.75 Å². The van der Waals surface area contributed by atoms with Gasteiger partial charge in [-0.1, -0.05) is 37.8 Å². The van der Waals surface area contributed by atoms with E-state index < -0.39 is 0 Å². The van der Waals surface area contributed by atoms with Crippen LogP contribution in [0.1, 0.15) is 55.3 Å². The molecular weight excluding hydrogens is 412 g/mol. The van der Waals surface area contributed by atoms with Crippen LogP contribution in [-0.4, -0.2) is 28.7 Å². The molecule has 2 N–H and O–H groups in total. The Labute approximate surface area is 187 Å². The third kappa shape index (κ3) is 5.61. The lowest BCUT2D eigenvalue weighted by atomic mass is 10.0. The van der Waals surface area contributed by atoms with Crippen molar-refractivity contribution < 1.29 is 14.3 Å². The molecule has 0 spiro atoms. The van der Waals surface area contributed by atoms with Crippen molar-refractivity contribution >= 4 is 29.4 Å². The van der Waals surface area contributed by atoms with Gasteiger partial charge >= 0.3 is 0 Å². The maximum Gasteiger partial charge on any atom is 0.242 e. The van der Waals surface area contributed by atoms with Gasteiger partial charge in [0.25, 0.3) is 0 Å². The molecule has 0 atom stereocenters. The Morgan fingerprint density at radius 2 is 1.94 bits per heavy atom. The summed E-state index contributed by atoms with van der Waals surface area (Å²) in [7, 11) is 1.63. The predicted octanol–water partition coefficient (Wildman–Crippen LogP) is 3.86. The van der Waals surface area contributed by atoms with Crippen LogP contribution in [0, 0.1) is 5.92 Å². The molecule has 0 radical (unpaired) electrons. The molecule has 8 heteroatoms. The van der Waals surface area contributed by atoms with Crippen molar-refractivity contribution in [1.29, 1.82) is 0 Å². The van der Waals surface area contributed by atoms with E-state index in [-0.39, 0.29) is 18.4 Å². The first-order valence-corrected chi connectivity index (χ1v) is 12.1. The van der Waals surface area contributed by atoms with Gasteiger partial charge in [-0.15, -0.1) is 0 Å². The minimum Gasteiger partial charge on any atom is -0.497 e. The van der Waals surface area contributed by atoms with E-state index in [0.717, 1.165) is 40.5 Å². The Hall–Kier alpha value is -2.48. The van der Waals surface area contributed by atoms with Crippen LogP contribution in [0.3, 0.4) is 0 Å². The second-order valence-corrected chi connectivity index (χ2v) is 9.27. The van der Waals surface area contributed by atoms with E-state index in [1.807, 2.05) is 24.3 Å². The van der Waals surface area contributed by atoms with Crippen molar-refractivity contribution in [2.24, 2.45) is 5.92 Å². The van der Waals surface area contributed by atoms with Gasteiger partial charge in [-0.3, -0.25) is 9.59 Å². The van der Waals surface area contributed by atoms with E-state index in [9.17, 15) is 9.59 Å². The Kier molecular flexibility index (Phi) is 7.17. The number of hydrogen-bond donors (Lipinski definition) is 2. The number of anilines is 1. The summed E-state index contributed by atoms with van der Waals surface area (Å²) in [5, 5.41) is 10.6. The van der Waals surface area contributed by atoms with Crippen LogP contribution in [0.25, 0.3) is 0 Å². The quantitative estimate of drug-likeness (QED) is 0.616. The zero-order valence-corrected chi connectivity index (χ0v) is 18.8. The number of rotatable bonds is 9. The SMILES string of the molecule is COc1ccc(CNC(=O)Cn2nc3c(c2NC(=O)CCC2CCCC2)CSC3)cc1. The summed E-state index contributed by atoms with van der Waals surface area (Å²) >= 11 is 1.78. The molecule has 1 aromatic heterocycles. The summed E-state index contributed by atoms with van der Waals surface area (Å²) in [6.07, 6.45) is 6.53. The van der Waals surface area contributed by atoms with Crippen molar-refractivity contribution in [3.8, 4) is 5.75 Å². The second-order valence-electron chi connectivity index (χ2n) is 8.29. The molecular formula is C23H30N4O3S.